The Morgan fingerprint density at radius 3 is 2.23 bits per heavy atom. The van der Waals surface area contributed by atoms with E-state index in [4.69, 9.17) is 11.6 Å². The van der Waals surface area contributed by atoms with Crippen LogP contribution in [-0.2, 0) is 16.6 Å². The molecule has 0 fully saturated rings. The number of hydrazone groups is 1. The zero-order valence-corrected chi connectivity index (χ0v) is 17.8. The molecule has 0 radical (unpaired) electrons. The Bertz CT molecular complexity index is 1130. The van der Waals surface area contributed by atoms with Gasteiger partial charge in [-0.3, -0.25) is 9.10 Å². The molecule has 8 heteroatoms. The molecular weight excluding hydrogens is 422 g/mol. The maximum atomic E-state index is 12.3. The summed E-state index contributed by atoms with van der Waals surface area (Å²) in [5, 5.41) is 4.54. The van der Waals surface area contributed by atoms with Crippen molar-refractivity contribution in [2.24, 2.45) is 5.10 Å². The lowest BCUT2D eigenvalue weighted by Crippen LogP contribution is -2.29. The van der Waals surface area contributed by atoms with Gasteiger partial charge in [-0.2, -0.15) is 5.10 Å². The smallest absolute Gasteiger partial charge is 0.267 e. The highest BCUT2D eigenvalue weighted by Gasteiger charge is 2.18. The summed E-state index contributed by atoms with van der Waals surface area (Å²) in [5.74, 6) is -0.402. The fourth-order valence-electron chi connectivity index (χ4n) is 2.71. The molecule has 3 aromatic carbocycles. The van der Waals surface area contributed by atoms with Crippen molar-refractivity contribution in [1.29, 1.82) is 0 Å². The number of anilines is 1. The van der Waals surface area contributed by atoms with Gasteiger partial charge in [-0.05, 0) is 47.5 Å². The highest BCUT2D eigenvalue weighted by atomic mass is 35.5. The summed E-state index contributed by atoms with van der Waals surface area (Å²) < 4.78 is 25.8. The van der Waals surface area contributed by atoms with Crippen molar-refractivity contribution in [2.45, 2.75) is 6.54 Å². The number of nitrogens with zero attached hydrogens (tertiary/aromatic N) is 2. The van der Waals surface area contributed by atoms with Crippen LogP contribution in [0.4, 0.5) is 5.69 Å². The minimum Gasteiger partial charge on any atom is -0.267 e. The molecule has 1 N–H and O–H groups in total. The molecule has 0 atom stereocenters. The Balaban J connectivity index is 1.70. The lowest BCUT2D eigenvalue weighted by atomic mass is 10.2. The van der Waals surface area contributed by atoms with Gasteiger partial charge in [-0.1, -0.05) is 54.1 Å². The number of hydrogen-bond donors (Lipinski definition) is 1. The minimum absolute atomic E-state index is 0.205. The van der Waals surface area contributed by atoms with E-state index in [2.05, 4.69) is 10.5 Å². The van der Waals surface area contributed by atoms with Crippen molar-refractivity contribution in [3.8, 4) is 0 Å². The summed E-state index contributed by atoms with van der Waals surface area (Å²) in [6.45, 7) is 0.205. The van der Waals surface area contributed by atoms with E-state index in [1.54, 1.807) is 48.5 Å². The lowest BCUT2D eigenvalue weighted by Gasteiger charge is -2.22. The van der Waals surface area contributed by atoms with Gasteiger partial charge in [0.25, 0.3) is 5.91 Å². The Kier molecular flexibility index (Phi) is 6.87. The first kappa shape index (κ1) is 21.5. The number of amides is 1. The molecular formula is C22H20ClN3O3S. The Morgan fingerprint density at radius 1 is 1.00 bits per heavy atom. The maximum absolute atomic E-state index is 12.3. The summed E-state index contributed by atoms with van der Waals surface area (Å²) in [6, 6.07) is 22.6. The van der Waals surface area contributed by atoms with Crippen molar-refractivity contribution >= 4 is 39.4 Å². The summed E-state index contributed by atoms with van der Waals surface area (Å²) in [7, 11) is -3.50. The van der Waals surface area contributed by atoms with E-state index >= 15 is 0 Å². The Labute approximate surface area is 180 Å². The zero-order valence-electron chi connectivity index (χ0n) is 16.2. The van der Waals surface area contributed by atoms with Crippen LogP contribution in [0.2, 0.25) is 5.02 Å². The molecule has 3 aromatic rings. The fraction of sp³-hybridized carbons (Fsp3) is 0.0909. The zero-order chi connectivity index (χ0) is 21.6. The van der Waals surface area contributed by atoms with Gasteiger partial charge >= 0.3 is 0 Å². The molecule has 6 nitrogen and oxygen atoms in total. The van der Waals surface area contributed by atoms with Crippen molar-refractivity contribution in [3.63, 3.8) is 0 Å². The molecule has 0 spiro atoms. The predicted molar refractivity (Wildman–Crippen MR) is 120 cm³/mol. The van der Waals surface area contributed by atoms with Crippen LogP contribution in [0.25, 0.3) is 0 Å². The highest BCUT2D eigenvalue weighted by Crippen LogP contribution is 2.21. The van der Waals surface area contributed by atoms with E-state index in [1.165, 1.54) is 10.5 Å². The summed E-state index contributed by atoms with van der Waals surface area (Å²) in [5.41, 5.74) is 4.94. The van der Waals surface area contributed by atoms with Crippen molar-refractivity contribution in [1.82, 2.24) is 5.43 Å². The normalized spacial score (nSPS) is 11.4. The van der Waals surface area contributed by atoms with Gasteiger partial charge in [-0.15, -0.1) is 0 Å². The monoisotopic (exact) mass is 441 g/mol. The lowest BCUT2D eigenvalue weighted by molar-refractivity contribution is 0.0955. The van der Waals surface area contributed by atoms with Gasteiger partial charge in [0.05, 0.1) is 24.7 Å². The molecule has 3 rings (SSSR count). The van der Waals surface area contributed by atoms with Crippen molar-refractivity contribution in [2.75, 3.05) is 10.6 Å². The second-order valence-corrected chi connectivity index (χ2v) is 8.90. The maximum Gasteiger partial charge on any atom is 0.271 e. The fourth-order valence-corrected chi connectivity index (χ4v) is 3.72. The first-order valence-electron chi connectivity index (χ1n) is 9.03. The number of rotatable bonds is 7. The molecule has 154 valence electrons. The van der Waals surface area contributed by atoms with E-state index in [0.29, 0.717) is 16.3 Å². The van der Waals surface area contributed by atoms with Gasteiger partial charge in [-0.25, -0.2) is 13.8 Å². The van der Waals surface area contributed by atoms with Crippen LogP contribution < -0.4 is 9.73 Å². The standard InChI is InChI=1S/C22H20ClN3O3S/c1-30(28,29)26(16-18-5-3-2-4-6-18)21-13-9-19(10-14-21)22(27)25-24-15-17-7-11-20(23)12-8-17/h2-15H,16H2,1H3,(H,25,27)/b24-15+. The molecule has 0 saturated carbocycles. The largest absolute Gasteiger partial charge is 0.271 e. The van der Waals surface area contributed by atoms with Crippen molar-refractivity contribution < 1.29 is 13.2 Å². The van der Waals surface area contributed by atoms with Gasteiger partial charge in [0, 0.05) is 10.6 Å². The summed E-state index contributed by atoms with van der Waals surface area (Å²) in [6.07, 6.45) is 2.66. The van der Waals surface area contributed by atoms with Crippen LogP contribution in [-0.4, -0.2) is 26.8 Å². The molecule has 0 heterocycles. The van der Waals surface area contributed by atoms with E-state index in [1.807, 2.05) is 30.3 Å². The summed E-state index contributed by atoms with van der Waals surface area (Å²) in [4.78, 5) is 12.3. The van der Waals surface area contributed by atoms with Crippen LogP contribution in [0.3, 0.4) is 0 Å². The third-order valence-electron chi connectivity index (χ3n) is 4.24. The molecule has 30 heavy (non-hydrogen) atoms. The van der Waals surface area contributed by atoms with E-state index in [-0.39, 0.29) is 6.54 Å². The molecule has 0 bridgehead atoms. The topological polar surface area (TPSA) is 78.8 Å². The van der Waals surface area contributed by atoms with E-state index in [0.717, 1.165) is 17.4 Å². The van der Waals surface area contributed by atoms with Gasteiger partial charge in [0.1, 0.15) is 0 Å². The SMILES string of the molecule is CS(=O)(=O)N(Cc1ccccc1)c1ccc(C(=O)N/N=C/c2ccc(Cl)cc2)cc1. The van der Waals surface area contributed by atoms with E-state index in [9.17, 15) is 13.2 Å². The second-order valence-electron chi connectivity index (χ2n) is 6.55. The number of benzene rings is 3. The van der Waals surface area contributed by atoms with Crippen molar-refractivity contribution in [3.05, 3.63) is 101 Å². The first-order chi connectivity index (χ1) is 14.3. The number of hydrogen-bond acceptors (Lipinski definition) is 4. The number of carbonyl (C=O) groups excluding carboxylic acids is 1. The van der Waals surface area contributed by atoms with E-state index < -0.39 is 15.9 Å². The number of sulfonamides is 1. The molecule has 0 unspecified atom stereocenters. The number of nitrogens with one attached hydrogen (secondary N) is 1. The summed E-state index contributed by atoms with van der Waals surface area (Å²) >= 11 is 5.83. The Hall–Kier alpha value is -3.16. The third-order valence-corrected chi connectivity index (χ3v) is 5.63. The van der Waals surface area contributed by atoms with Crippen LogP contribution in [0.5, 0.6) is 0 Å². The molecule has 0 aromatic heterocycles. The average Bonchev–Trinajstić information content (AvgIpc) is 2.73. The third kappa shape index (κ3) is 5.92. The number of halogens is 1. The molecule has 0 aliphatic heterocycles. The highest BCUT2D eigenvalue weighted by molar-refractivity contribution is 7.92. The van der Waals surface area contributed by atoms with Crippen LogP contribution in [0, 0.1) is 0 Å². The predicted octanol–water partition coefficient (Wildman–Crippen LogP) is 4.07. The van der Waals surface area contributed by atoms with Gasteiger partial charge in [0.15, 0.2) is 0 Å². The Morgan fingerprint density at radius 2 is 1.63 bits per heavy atom. The molecule has 0 aliphatic rings. The molecule has 1 amide bonds. The number of carbonyl (C=O) groups is 1. The quantitative estimate of drug-likeness (QED) is 0.443. The second kappa shape index (κ2) is 9.56. The molecule has 0 saturated heterocycles. The minimum atomic E-state index is -3.50. The first-order valence-corrected chi connectivity index (χ1v) is 11.3. The van der Waals surface area contributed by atoms with Gasteiger partial charge < -0.3 is 0 Å². The average molecular weight is 442 g/mol. The molecule has 0 aliphatic carbocycles. The van der Waals surface area contributed by atoms with Crippen LogP contribution in [0.1, 0.15) is 21.5 Å². The van der Waals surface area contributed by atoms with Crippen LogP contribution in [0.15, 0.2) is 84.0 Å². The van der Waals surface area contributed by atoms with Gasteiger partial charge in [0.2, 0.25) is 10.0 Å². The van der Waals surface area contributed by atoms with Crippen LogP contribution >= 0.6 is 11.6 Å².